The van der Waals surface area contributed by atoms with E-state index in [1.807, 2.05) is 17.0 Å². The molecule has 3 aliphatic rings. The van der Waals surface area contributed by atoms with Crippen LogP contribution >= 0.6 is 0 Å². The highest BCUT2D eigenvalue weighted by Crippen LogP contribution is 2.55. The van der Waals surface area contributed by atoms with Gasteiger partial charge in [-0.25, -0.2) is 9.78 Å². The Bertz CT molecular complexity index is 1360. The number of carboxylic acid groups (broad SMARTS) is 1. The van der Waals surface area contributed by atoms with Gasteiger partial charge >= 0.3 is 12.1 Å². The number of aryl methyl sites for hydroxylation is 1. The molecular weight excluding hydrogens is 495 g/mol. The van der Waals surface area contributed by atoms with Crippen LogP contribution in [0.3, 0.4) is 0 Å². The van der Waals surface area contributed by atoms with Crippen LogP contribution in [0.15, 0.2) is 41.1 Å². The number of piperidine rings is 1. The summed E-state index contributed by atoms with van der Waals surface area (Å²) in [6, 6.07) is 9.19. The minimum atomic E-state index is -4.77. The van der Waals surface area contributed by atoms with Crippen molar-refractivity contribution in [3.8, 4) is 11.3 Å². The van der Waals surface area contributed by atoms with Gasteiger partial charge in [-0.1, -0.05) is 29.4 Å². The first-order valence-corrected chi connectivity index (χ1v) is 13.2. The summed E-state index contributed by atoms with van der Waals surface area (Å²) >= 11 is 0. The zero-order valence-corrected chi connectivity index (χ0v) is 21.2. The highest BCUT2D eigenvalue weighted by Gasteiger charge is 2.47. The molecule has 1 N–H and O–H groups in total. The van der Waals surface area contributed by atoms with Crippen LogP contribution in [-0.4, -0.2) is 34.3 Å². The maximum atomic E-state index is 13.4. The lowest BCUT2D eigenvalue weighted by Gasteiger charge is -2.53. The SMILES string of the molecule is Cc1ccccc1-c1noc(C2CC2)c1CC1CC2(CCN(c3cnc(C(=O)O)c(C(F)(F)F)c3)CC2)C1. The molecule has 1 aromatic carbocycles. The van der Waals surface area contributed by atoms with E-state index < -0.39 is 23.4 Å². The fourth-order valence-electron chi connectivity index (χ4n) is 6.49. The summed E-state index contributed by atoms with van der Waals surface area (Å²) in [5.74, 6) is 0.395. The standard InChI is InChI=1S/C29H30F3N3O3/c1-17-4-2-3-5-21(17)24-22(26(38-34-24)19-6-7-19)12-18-14-28(15-18)8-10-35(11-9-28)20-13-23(29(30,31)32)25(27(36)37)33-16-20/h2-5,13,16,18-19H,6-12,14-15H2,1H3,(H,36,37). The normalized spacial score (nSPS) is 19.5. The fourth-order valence-corrected chi connectivity index (χ4v) is 6.49. The summed E-state index contributed by atoms with van der Waals surface area (Å²) in [6.45, 7) is 3.36. The molecule has 2 aromatic heterocycles. The van der Waals surface area contributed by atoms with Crippen LogP contribution in [0, 0.1) is 18.3 Å². The second-order valence-corrected chi connectivity index (χ2v) is 11.3. The number of benzene rings is 1. The van der Waals surface area contributed by atoms with E-state index in [-0.39, 0.29) is 5.41 Å². The molecule has 6 nitrogen and oxygen atoms in total. The number of hydrogen-bond donors (Lipinski definition) is 1. The molecule has 38 heavy (non-hydrogen) atoms. The monoisotopic (exact) mass is 525 g/mol. The van der Waals surface area contributed by atoms with E-state index in [9.17, 15) is 18.0 Å². The lowest BCUT2D eigenvalue weighted by Crippen LogP contribution is -2.47. The van der Waals surface area contributed by atoms with E-state index in [2.05, 4.69) is 29.2 Å². The molecule has 2 aliphatic carbocycles. The van der Waals surface area contributed by atoms with Gasteiger partial charge in [-0.15, -0.1) is 0 Å². The Hall–Kier alpha value is -3.36. The van der Waals surface area contributed by atoms with Gasteiger partial charge in [0.2, 0.25) is 0 Å². The number of anilines is 1. The van der Waals surface area contributed by atoms with Crippen LogP contribution in [0.2, 0.25) is 0 Å². The number of aromatic carboxylic acids is 1. The van der Waals surface area contributed by atoms with Crippen LogP contribution in [0.25, 0.3) is 11.3 Å². The Morgan fingerprint density at radius 3 is 2.53 bits per heavy atom. The maximum absolute atomic E-state index is 13.4. The van der Waals surface area contributed by atoms with Gasteiger partial charge in [0.05, 0.1) is 17.4 Å². The molecule has 1 spiro atoms. The molecule has 0 unspecified atom stereocenters. The highest BCUT2D eigenvalue weighted by atomic mass is 19.4. The van der Waals surface area contributed by atoms with Crippen molar-refractivity contribution in [3.63, 3.8) is 0 Å². The molecule has 0 bridgehead atoms. The molecule has 1 aliphatic heterocycles. The van der Waals surface area contributed by atoms with Crippen LogP contribution in [0.1, 0.15) is 77.4 Å². The second kappa shape index (κ2) is 9.13. The summed E-state index contributed by atoms with van der Waals surface area (Å²) < 4.78 is 46.2. The van der Waals surface area contributed by atoms with Crippen molar-refractivity contribution >= 4 is 11.7 Å². The zero-order chi connectivity index (χ0) is 26.7. The second-order valence-electron chi connectivity index (χ2n) is 11.3. The summed E-state index contributed by atoms with van der Waals surface area (Å²) in [5.41, 5.74) is 2.92. The smallest absolute Gasteiger partial charge is 0.418 e. The average molecular weight is 526 g/mol. The van der Waals surface area contributed by atoms with Crippen LogP contribution in [0.5, 0.6) is 0 Å². The van der Waals surface area contributed by atoms with Crippen molar-refractivity contribution in [2.45, 2.75) is 64.0 Å². The molecule has 0 atom stereocenters. The van der Waals surface area contributed by atoms with Crippen molar-refractivity contribution in [2.24, 2.45) is 11.3 Å². The average Bonchev–Trinajstić information content (AvgIpc) is 3.63. The number of pyridine rings is 1. The van der Waals surface area contributed by atoms with Gasteiger partial charge in [0.1, 0.15) is 11.5 Å². The molecule has 200 valence electrons. The van der Waals surface area contributed by atoms with Crippen LogP contribution in [0.4, 0.5) is 18.9 Å². The molecule has 0 radical (unpaired) electrons. The van der Waals surface area contributed by atoms with E-state index in [1.54, 1.807) is 0 Å². The molecule has 2 saturated carbocycles. The number of aromatic nitrogens is 2. The molecular formula is C29H30F3N3O3. The molecule has 3 heterocycles. The fraction of sp³-hybridized carbons (Fsp3) is 0.483. The minimum absolute atomic E-state index is 0.211. The van der Waals surface area contributed by atoms with Crippen molar-refractivity contribution in [1.82, 2.24) is 10.1 Å². The van der Waals surface area contributed by atoms with Crippen molar-refractivity contribution in [3.05, 3.63) is 64.7 Å². The number of alkyl halides is 3. The maximum Gasteiger partial charge on any atom is 0.418 e. The summed E-state index contributed by atoms with van der Waals surface area (Å²) in [7, 11) is 0. The Labute approximate surface area is 218 Å². The van der Waals surface area contributed by atoms with Crippen LogP contribution in [-0.2, 0) is 12.6 Å². The summed E-state index contributed by atoms with van der Waals surface area (Å²) in [5, 5.41) is 13.6. The Balaban J connectivity index is 1.13. The van der Waals surface area contributed by atoms with Gasteiger partial charge in [-0.05, 0) is 74.8 Å². The Morgan fingerprint density at radius 2 is 1.89 bits per heavy atom. The number of rotatable bonds is 6. The van der Waals surface area contributed by atoms with Crippen molar-refractivity contribution in [1.29, 1.82) is 0 Å². The molecule has 9 heteroatoms. The third-order valence-electron chi connectivity index (χ3n) is 8.67. The van der Waals surface area contributed by atoms with E-state index in [4.69, 9.17) is 9.63 Å². The highest BCUT2D eigenvalue weighted by molar-refractivity contribution is 5.87. The largest absolute Gasteiger partial charge is 0.476 e. The van der Waals surface area contributed by atoms with E-state index in [0.717, 1.165) is 68.0 Å². The number of halogens is 3. The summed E-state index contributed by atoms with van der Waals surface area (Å²) in [6.07, 6.45) is 3.70. The van der Waals surface area contributed by atoms with E-state index in [0.29, 0.717) is 30.6 Å². The van der Waals surface area contributed by atoms with E-state index >= 15 is 0 Å². The topological polar surface area (TPSA) is 79.5 Å². The molecule has 3 fully saturated rings. The lowest BCUT2D eigenvalue weighted by molar-refractivity contribution is -0.138. The quantitative estimate of drug-likeness (QED) is 0.378. The first-order valence-electron chi connectivity index (χ1n) is 13.2. The number of hydrogen-bond acceptors (Lipinski definition) is 5. The lowest BCUT2D eigenvalue weighted by atomic mass is 9.56. The van der Waals surface area contributed by atoms with E-state index in [1.165, 1.54) is 17.3 Å². The minimum Gasteiger partial charge on any atom is -0.476 e. The van der Waals surface area contributed by atoms with Crippen molar-refractivity contribution < 1.29 is 27.6 Å². The summed E-state index contributed by atoms with van der Waals surface area (Å²) in [4.78, 5) is 16.8. The van der Waals surface area contributed by atoms with Gasteiger partial charge in [0.25, 0.3) is 0 Å². The van der Waals surface area contributed by atoms with Crippen molar-refractivity contribution in [2.75, 3.05) is 18.0 Å². The number of carboxylic acids is 1. The molecule has 3 aromatic rings. The molecule has 0 amide bonds. The van der Waals surface area contributed by atoms with Gasteiger partial charge in [0.15, 0.2) is 5.69 Å². The van der Waals surface area contributed by atoms with Crippen LogP contribution < -0.4 is 4.90 Å². The molecule has 6 rings (SSSR count). The zero-order valence-electron chi connectivity index (χ0n) is 21.2. The Kier molecular flexibility index (Phi) is 6.00. The van der Waals surface area contributed by atoms with Gasteiger partial charge in [-0.2, -0.15) is 13.2 Å². The first kappa shape index (κ1) is 24.9. The first-order chi connectivity index (χ1) is 18.1. The predicted molar refractivity (Wildman–Crippen MR) is 135 cm³/mol. The van der Waals surface area contributed by atoms with Gasteiger partial charge in [-0.3, -0.25) is 0 Å². The molecule has 1 saturated heterocycles. The van der Waals surface area contributed by atoms with Gasteiger partial charge < -0.3 is 14.5 Å². The third kappa shape index (κ3) is 4.56. The number of nitrogens with zero attached hydrogens (tertiary/aromatic N) is 3. The van der Waals surface area contributed by atoms with Gasteiger partial charge in [0, 0.05) is 30.1 Å². The third-order valence-corrected chi connectivity index (χ3v) is 8.67. The Morgan fingerprint density at radius 1 is 1.18 bits per heavy atom. The number of carbonyl (C=O) groups is 1. The predicted octanol–water partition coefficient (Wildman–Crippen LogP) is 6.88.